The summed E-state index contributed by atoms with van der Waals surface area (Å²) >= 11 is 0. The van der Waals surface area contributed by atoms with Crippen LogP contribution in [0.3, 0.4) is 0 Å². The number of esters is 2. The van der Waals surface area contributed by atoms with Gasteiger partial charge >= 0.3 is 11.9 Å². The molecule has 0 aliphatic carbocycles. The number of carbonyl (C=O) groups is 2. The van der Waals surface area contributed by atoms with Crippen LogP contribution in [0.15, 0.2) is 135 Å². The summed E-state index contributed by atoms with van der Waals surface area (Å²) in [6.07, 6.45) is 7.54. The highest BCUT2D eigenvalue weighted by atomic mass is 16.6. The third-order valence-corrected chi connectivity index (χ3v) is 10.8. The molecule has 2 heterocycles. The van der Waals surface area contributed by atoms with Crippen molar-refractivity contribution in [2.45, 2.75) is 112 Å². The molecule has 2 saturated heterocycles. The van der Waals surface area contributed by atoms with Crippen molar-refractivity contribution in [3.05, 3.63) is 168 Å². The number of aliphatic hydroxyl groups is 2. The van der Waals surface area contributed by atoms with E-state index in [-0.39, 0.29) is 32.4 Å². The van der Waals surface area contributed by atoms with Gasteiger partial charge < -0.3 is 38.6 Å². The molecule has 4 atom stereocenters. The van der Waals surface area contributed by atoms with Gasteiger partial charge in [0.1, 0.15) is 25.4 Å². The van der Waals surface area contributed by atoms with Crippen LogP contribution in [-0.2, 0) is 51.2 Å². The largest absolute Gasteiger partial charge is 0.463 e. The molecule has 4 aromatic rings. The molecule has 4 aromatic carbocycles. The fourth-order valence-electron chi connectivity index (χ4n) is 5.22. The maximum absolute atomic E-state index is 11.1. The van der Waals surface area contributed by atoms with Crippen molar-refractivity contribution in [3.8, 4) is 0 Å². The molecule has 0 amide bonds. The van der Waals surface area contributed by atoms with Crippen molar-refractivity contribution in [2.24, 2.45) is 5.41 Å². The van der Waals surface area contributed by atoms with Gasteiger partial charge in [0.15, 0.2) is 0 Å². The van der Waals surface area contributed by atoms with E-state index in [0.29, 0.717) is 49.4 Å². The first-order valence-corrected chi connectivity index (χ1v) is 23.8. The zero-order chi connectivity index (χ0) is 50.6. The van der Waals surface area contributed by atoms with E-state index in [4.69, 9.17) is 33.9 Å². The predicted octanol–water partition coefficient (Wildman–Crippen LogP) is 11.9. The third-order valence-electron chi connectivity index (χ3n) is 10.8. The van der Waals surface area contributed by atoms with Gasteiger partial charge in [-0.1, -0.05) is 176 Å². The summed E-state index contributed by atoms with van der Waals surface area (Å²) in [4.78, 5) is 21.6. The fourth-order valence-corrected chi connectivity index (χ4v) is 5.22. The van der Waals surface area contributed by atoms with Gasteiger partial charge in [-0.3, -0.25) is 4.79 Å². The molecule has 374 valence electrons. The van der Waals surface area contributed by atoms with E-state index in [0.717, 1.165) is 31.8 Å². The highest BCUT2D eigenvalue weighted by Gasteiger charge is 2.26. The van der Waals surface area contributed by atoms with Crippen LogP contribution in [0.1, 0.15) is 120 Å². The van der Waals surface area contributed by atoms with Gasteiger partial charge in [-0.2, -0.15) is 0 Å². The van der Waals surface area contributed by atoms with Gasteiger partial charge in [0, 0.05) is 5.57 Å². The summed E-state index contributed by atoms with van der Waals surface area (Å²) in [6.45, 7) is 31.2. The molecule has 2 aliphatic rings. The summed E-state index contributed by atoms with van der Waals surface area (Å²) in [7, 11) is 0. The molecule has 4 unspecified atom stereocenters. The average Bonchev–Trinajstić information content (AvgIpc) is 4.34. The first-order chi connectivity index (χ1) is 32.7. The van der Waals surface area contributed by atoms with E-state index in [1.165, 1.54) is 40.7 Å². The molecule has 0 spiro atoms. The molecule has 2 N–H and O–H groups in total. The molecular weight excluding hydrogens is 857 g/mol. The zero-order valence-electron chi connectivity index (χ0n) is 42.3. The van der Waals surface area contributed by atoms with Crippen molar-refractivity contribution < 1.29 is 48.2 Å². The zero-order valence-corrected chi connectivity index (χ0v) is 42.3. The first kappa shape index (κ1) is 60.8. The Labute approximate surface area is 409 Å². The molecule has 68 heavy (non-hydrogen) atoms. The minimum absolute atomic E-state index is 0.0473. The second-order valence-electron chi connectivity index (χ2n) is 17.0. The Morgan fingerprint density at radius 3 is 1.43 bits per heavy atom. The van der Waals surface area contributed by atoms with Crippen molar-refractivity contribution in [1.82, 2.24) is 0 Å². The molecular formula is C58H82O10. The van der Waals surface area contributed by atoms with E-state index in [9.17, 15) is 9.59 Å². The number of rotatable bonds is 21. The lowest BCUT2D eigenvalue weighted by Crippen LogP contribution is -2.26. The summed E-state index contributed by atoms with van der Waals surface area (Å²) in [5, 5.41) is 16.6. The van der Waals surface area contributed by atoms with Crippen LogP contribution in [0.25, 0.3) is 12.2 Å². The maximum Gasteiger partial charge on any atom is 0.333 e. The summed E-state index contributed by atoms with van der Waals surface area (Å²) < 4.78 is 30.4. The SMILES string of the molecule is C=C(C)C(=O)OCCO.C=Cc1ccc(COCC2CO2)cc1.C=Cc1ccccc1.CCC(C)(C)C(=O)OCCO.CCC(C)c1ccc(COCC2CO2)cc1.CCC(C)c1ccccc1. The van der Waals surface area contributed by atoms with E-state index in [2.05, 4.69) is 119 Å². The maximum atomic E-state index is 11.1. The van der Waals surface area contributed by atoms with Gasteiger partial charge in [0.2, 0.25) is 0 Å². The molecule has 10 nitrogen and oxygen atoms in total. The third kappa shape index (κ3) is 29.5. The summed E-state index contributed by atoms with van der Waals surface area (Å²) in [6, 6.07) is 37.6. The van der Waals surface area contributed by atoms with Crippen LogP contribution in [0, 0.1) is 5.41 Å². The van der Waals surface area contributed by atoms with E-state index < -0.39 is 11.4 Å². The second-order valence-corrected chi connectivity index (χ2v) is 17.0. The van der Waals surface area contributed by atoms with Crippen LogP contribution >= 0.6 is 0 Å². The van der Waals surface area contributed by atoms with E-state index >= 15 is 0 Å². The molecule has 2 fully saturated rings. The van der Waals surface area contributed by atoms with Gasteiger partial charge in [0.05, 0.1) is 58.3 Å². The number of benzene rings is 4. The lowest BCUT2D eigenvalue weighted by molar-refractivity contribution is -0.155. The number of hydrogen-bond acceptors (Lipinski definition) is 10. The molecule has 10 heteroatoms. The summed E-state index contributed by atoms with van der Waals surface area (Å²) in [5.41, 5.74) is 7.54. The van der Waals surface area contributed by atoms with Gasteiger partial charge in [0.25, 0.3) is 0 Å². The monoisotopic (exact) mass is 939 g/mol. The lowest BCUT2D eigenvalue weighted by Gasteiger charge is -2.19. The van der Waals surface area contributed by atoms with Crippen molar-refractivity contribution >= 4 is 24.1 Å². The smallest absolute Gasteiger partial charge is 0.333 e. The quantitative estimate of drug-likeness (QED) is 0.0472. The molecule has 2 aliphatic heterocycles. The van der Waals surface area contributed by atoms with Crippen LogP contribution in [0.4, 0.5) is 0 Å². The Bertz CT molecular complexity index is 1920. The van der Waals surface area contributed by atoms with Gasteiger partial charge in [-0.25, -0.2) is 4.79 Å². The number of carbonyl (C=O) groups excluding carboxylic acids is 2. The number of hydrogen-bond donors (Lipinski definition) is 2. The van der Waals surface area contributed by atoms with Gasteiger partial charge in [-0.05, 0) is 85.3 Å². The van der Waals surface area contributed by atoms with Crippen molar-refractivity contribution in [3.63, 3.8) is 0 Å². The van der Waals surface area contributed by atoms with Crippen molar-refractivity contribution in [2.75, 3.05) is 52.9 Å². The number of ether oxygens (including phenoxy) is 6. The number of epoxide rings is 2. The Morgan fingerprint density at radius 2 is 1.06 bits per heavy atom. The van der Waals surface area contributed by atoms with Gasteiger partial charge in [-0.15, -0.1) is 0 Å². The van der Waals surface area contributed by atoms with Crippen LogP contribution in [0.5, 0.6) is 0 Å². The van der Waals surface area contributed by atoms with E-state index in [1.54, 1.807) is 6.92 Å². The standard InChI is InChI=1S/C14H20O2.C12H14O2.C10H14.C8H16O3.C8H8.C6H10O3/c1-3-11(2)13-6-4-12(5-7-13)8-15-9-14-10-16-14;1-2-10-3-5-11(6-4-10)7-13-8-12-9-14-12;1-3-9(2)10-7-5-4-6-8-10;1-4-8(2,3)7(10)11-6-5-9;1-2-8-6-4-3-5-7-8;1-5(2)6(8)9-4-3-7/h4-7,11,14H,3,8-10H2,1-2H3;2-6,12H,1,7-9H2;4-9H,3H2,1-2H3;9H,4-6H2,1-3H3;2-7H,1H2;7H,1,3-4H2,2H3. The number of aliphatic hydroxyl groups excluding tert-OH is 2. The molecule has 0 bridgehead atoms. The molecule has 0 radical (unpaired) electrons. The Morgan fingerprint density at radius 1 is 0.662 bits per heavy atom. The topological polar surface area (TPSA) is 137 Å². The highest BCUT2D eigenvalue weighted by molar-refractivity contribution is 5.86. The molecule has 0 aromatic heterocycles. The lowest BCUT2D eigenvalue weighted by atomic mass is 9.91. The first-order valence-electron chi connectivity index (χ1n) is 23.8. The molecule has 6 rings (SSSR count). The minimum atomic E-state index is -0.455. The minimum Gasteiger partial charge on any atom is -0.463 e. The fraction of sp³-hybridized carbons (Fsp3) is 0.448. The summed E-state index contributed by atoms with van der Waals surface area (Å²) in [5.74, 6) is 0.661. The second kappa shape index (κ2) is 36.8. The predicted molar refractivity (Wildman–Crippen MR) is 277 cm³/mol. The van der Waals surface area contributed by atoms with E-state index in [1.807, 2.05) is 75.4 Å². The molecule has 0 saturated carbocycles. The van der Waals surface area contributed by atoms with Crippen molar-refractivity contribution in [1.29, 1.82) is 0 Å². The van der Waals surface area contributed by atoms with Crippen LogP contribution < -0.4 is 0 Å². The average molecular weight is 939 g/mol. The highest BCUT2D eigenvalue weighted by Crippen LogP contribution is 2.22. The van der Waals surface area contributed by atoms with Crippen LogP contribution in [0.2, 0.25) is 0 Å². The normalized spacial score (nSPS) is 14.7. The Balaban J connectivity index is 0.000000415. The Hall–Kier alpha value is -5.20. The Kier molecular flexibility index (Phi) is 32.9. The van der Waals surface area contributed by atoms with Crippen LogP contribution in [-0.4, -0.2) is 87.2 Å².